The Morgan fingerprint density at radius 3 is 2.58 bits per heavy atom. The van der Waals surface area contributed by atoms with E-state index in [-0.39, 0.29) is 10.6 Å². The molecule has 0 saturated heterocycles. The number of methoxy groups -OCH3 is 1. The SMILES string of the molecule is COc1cc(C(Br)c2cc(Cl)ccc2Cl)ccc1F. The minimum Gasteiger partial charge on any atom is -0.494 e. The lowest BCUT2D eigenvalue weighted by atomic mass is 10.0. The van der Waals surface area contributed by atoms with E-state index in [0.717, 1.165) is 11.1 Å². The molecule has 0 aliphatic heterocycles. The molecule has 1 nitrogen and oxygen atoms in total. The lowest BCUT2D eigenvalue weighted by Gasteiger charge is -2.14. The molecule has 0 amide bonds. The molecule has 0 spiro atoms. The Kier molecular flexibility index (Phi) is 4.71. The van der Waals surface area contributed by atoms with Gasteiger partial charge in [0.25, 0.3) is 0 Å². The second-order valence-corrected chi connectivity index (χ2v) is 5.68. The van der Waals surface area contributed by atoms with Crippen LogP contribution in [0.15, 0.2) is 36.4 Å². The maximum absolute atomic E-state index is 13.4. The molecule has 0 heterocycles. The summed E-state index contributed by atoms with van der Waals surface area (Å²) in [5, 5.41) is 1.19. The zero-order valence-electron chi connectivity index (χ0n) is 9.96. The maximum Gasteiger partial charge on any atom is 0.165 e. The van der Waals surface area contributed by atoms with Gasteiger partial charge in [0.05, 0.1) is 11.9 Å². The van der Waals surface area contributed by atoms with Gasteiger partial charge in [0, 0.05) is 10.0 Å². The van der Waals surface area contributed by atoms with Gasteiger partial charge in [-0.25, -0.2) is 4.39 Å². The van der Waals surface area contributed by atoms with Crippen LogP contribution in [0.2, 0.25) is 10.0 Å². The van der Waals surface area contributed by atoms with Gasteiger partial charge >= 0.3 is 0 Å². The Hall–Kier alpha value is -0.770. The Bertz CT molecular complexity index is 604. The molecular formula is C14H10BrCl2FO. The van der Waals surface area contributed by atoms with E-state index in [4.69, 9.17) is 27.9 Å². The van der Waals surface area contributed by atoms with Crippen LogP contribution in [0.4, 0.5) is 4.39 Å². The minimum atomic E-state index is -0.400. The Balaban J connectivity index is 2.43. The molecule has 0 fully saturated rings. The number of alkyl halides is 1. The van der Waals surface area contributed by atoms with Gasteiger partial charge in [0.2, 0.25) is 0 Å². The fraction of sp³-hybridized carbons (Fsp3) is 0.143. The van der Waals surface area contributed by atoms with Crippen molar-refractivity contribution in [2.24, 2.45) is 0 Å². The van der Waals surface area contributed by atoms with Gasteiger partial charge < -0.3 is 4.74 Å². The first kappa shape index (κ1) is 14.6. The summed E-state index contributed by atoms with van der Waals surface area (Å²) in [6.45, 7) is 0. The van der Waals surface area contributed by atoms with Crippen LogP contribution in [0.1, 0.15) is 16.0 Å². The van der Waals surface area contributed by atoms with Crippen LogP contribution in [0.25, 0.3) is 0 Å². The molecule has 100 valence electrons. The zero-order chi connectivity index (χ0) is 14.0. The Morgan fingerprint density at radius 2 is 1.89 bits per heavy atom. The van der Waals surface area contributed by atoms with Crippen LogP contribution in [-0.2, 0) is 0 Å². The highest BCUT2D eigenvalue weighted by molar-refractivity contribution is 9.09. The number of hydrogen-bond acceptors (Lipinski definition) is 1. The summed E-state index contributed by atoms with van der Waals surface area (Å²) in [6, 6.07) is 9.90. The summed E-state index contributed by atoms with van der Waals surface area (Å²) in [6.07, 6.45) is 0. The third-order valence-electron chi connectivity index (χ3n) is 2.70. The number of ether oxygens (including phenoxy) is 1. The molecule has 0 bridgehead atoms. The van der Waals surface area contributed by atoms with Gasteiger partial charge in [-0.3, -0.25) is 0 Å². The van der Waals surface area contributed by atoms with E-state index in [9.17, 15) is 4.39 Å². The molecular weight excluding hydrogens is 354 g/mol. The van der Waals surface area contributed by atoms with E-state index >= 15 is 0 Å². The highest BCUT2D eigenvalue weighted by Gasteiger charge is 2.16. The van der Waals surface area contributed by atoms with Crippen molar-refractivity contribution in [2.75, 3.05) is 7.11 Å². The van der Waals surface area contributed by atoms with Gasteiger partial charge in [-0.1, -0.05) is 45.2 Å². The van der Waals surface area contributed by atoms with Crippen molar-refractivity contribution < 1.29 is 9.13 Å². The van der Waals surface area contributed by atoms with Crippen molar-refractivity contribution >= 4 is 39.1 Å². The maximum atomic E-state index is 13.4. The molecule has 0 aromatic heterocycles. The average Bonchev–Trinajstić information content (AvgIpc) is 2.41. The first-order valence-corrected chi connectivity index (χ1v) is 7.12. The molecule has 1 unspecified atom stereocenters. The normalized spacial score (nSPS) is 12.3. The Morgan fingerprint density at radius 1 is 1.16 bits per heavy atom. The summed E-state index contributed by atoms with van der Waals surface area (Å²) in [7, 11) is 1.43. The van der Waals surface area contributed by atoms with E-state index in [0.29, 0.717) is 10.0 Å². The standard InChI is InChI=1S/C14H10BrCl2FO/c1-19-13-6-8(2-5-12(13)18)14(15)10-7-9(16)3-4-11(10)17/h2-7,14H,1H3. The van der Waals surface area contributed by atoms with E-state index in [1.54, 1.807) is 30.3 Å². The quantitative estimate of drug-likeness (QED) is 0.642. The van der Waals surface area contributed by atoms with Gasteiger partial charge in [0.15, 0.2) is 11.6 Å². The second kappa shape index (κ2) is 6.12. The predicted octanol–water partition coefficient (Wildman–Crippen LogP) is 5.63. The van der Waals surface area contributed by atoms with E-state index in [1.807, 2.05) is 0 Å². The van der Waals surface area contributed by atoms with Crippen LogP contribution in [0.5, 0.6) is 5.75 Å². The molecule has 1 atom stereocenters. The van der Waals surface area contributed by atoms with Crippen LogP contribution in [0.3, 0.4) is 0 Å². The first-order valence-electron chi connectivity index (χ1n) is 5.45. The molecule has 2 aromatic rings. The molecule has 5 heteroatoms. The second-order valence-electron chi connectivity index (χ2n) is 3.92. The van der Waals surface area contributed by atoms with Crippen LogP contribution in [-0.4, -0.2) is 7.11 Å². The lowest BCUT2D eigenvalue weighted by molar-refractivity contribution is 0.386. The summed E-state index contributed by atoms with van der Waals surface area (Å²) < 4.78 is 18.4. The summed E-state index contributed by atoms with van der Waals surface area (Å²) >= 11 is 15.7. The first-order chi connectivity index (χ1) is 9.02. The van der Waals surface area contributed by atoms with Crippen molar-refractivity contribution in [3.8, 4) is 5.75 Å². The fourth-order valence-electron chi connectivity index (χ4n) is 1.72. The summed E-state index contributed by atoms with van der Waals surface area (Å²) in [5.74, 6) is -0.205. The van der Waals surface area contributed by atoms with Crippen molar-refractivity contribution in [1.82, 2.24) is 0 Å². The molecule has 0 radical (unpaired) electrons. The number of halogens is 4. The van der Waals surface area contributed by atoms with Crippen LogP contribution < -0.4 is 4.74 Å². The van der Waals surface area contributed by atoms with E-state index in [2.05, 4.69) is 15.9 Å². The molecule has 2 rings (SSSR count). The highest BCUT2D eigenvalue weighted by atomic mass is 79.9. The minimum absolute atomic E-state index is 0.187. The lowest BCUT2D eigenvalue weighted by Crippen LogP contribution is -1.96. The van der Waals surface area contributed by atoms with E-state index in [1.165, 1.54) is 13.2 Å². The molecule has 0 N–H and O–H groups in total. The molecule has 0 saturated carbocycles. The van der Waals surface area contributed by atoms with Gasteiger partial charge in [-0.05, 0) is 41.5 Å². The van der Waals surface area contributed by atoms with Gasteiger partial charge in [-0.2, -0.15) is 0 Å². The number of hydrogen-bond donors (Lipinski definition) is 0. The predicted molar refractivity (Wildman–Crippen MR) is 80.2 cm³/mol. The topological polar surface area (TPSA) is 9.23 Å². The van der Waals surface area contributed by atoms with Crippen LogP contribution in [0, 0.1) is 5.82 Å². The van der Waals surface area contributed by atoms with Gasteiger partial charge in [0.1, 0.15) is 0 Å². The monoisotopic (exact) mass is 362 g/mol. The van der Waals surface area contributed by atoms with Crippen molar-refractivity contribution in [3.05, 3.63) is 63.4 Å². The average molecular weight is 364 g/mol. The fourth-order valence-corrected chi connectivity index (χ4v) is 2.92. The number of rotatable bonds is 3. The van der Waals surface area contributed by atoms with E-state index < -0.39 is 5.82 Å². The highest BCUT2D eigenvalue weighted by Crippen LogP contribution is 2.38. The largest absolute Gasteiger partial charge is 0.494 e. The smallest absolute Gasteiger partial charge is 0.165 e. The van der Waals surface area contributed by atoms with Gasteiger partial charge in [-0.15, -0.1) is 0 Å². The zero-order valence-corrected chi connectivity index (χ0v) is 13.1. The summed E-state index contributed by atoms with van der Waals surface area (Å²) in [4.78, 5) is -0.187. The third kappa shape index (κ3) is 3.22. The van der Waals surface area contributed by atoms with Crippen molar-refractivity contribution in [2.45, 2.75) is 4.83 Å². The summed E-state index contributed by atoms with van der Waals surface area (Å²) in [5.41, 5.74) is 1.66. The van der Waals surface area contributed by atoms with Crippen molar-refractivity contribution in [1.29, 1.82) is 0 Å². The molecule has 0 aliphatic carbocycles. The van der Waals surface area contributed by atoms with Crippen molar-refractivity contribution in [3.63, 3.8) is 0 Å². The van der Waals surface area contributed by atoms with Crippen LogP contribution >= 0.6 is 39.1 Å². The Labute approximate surface area is 129 Å². The molecule has 0 aliphatic rings. The molecule has 19 heavy (non-hydrogen) atoms. The third-order valence-corrected chi connectivity index (χ3v) is 4.30. The molecule has 2 aromatic carbocycles. The number of benzene rings is 2.